The molecule has 1 aromatic rings. The van der Waals surface area contributed by atoms with Gasteiger partial charge in [-0.2, -0.15) is 0 Å². The maximum absolute atomic E-state index is 6.20. The molecule has 4 heteroatoms. The molecule has 1 aromatic heterocycles. The number of nitrogens with zero attached hydrogens (tertiary/aromatic N) is 2. The van der Waals surface area contributed by atoms with Crippen LogP contribution in [0, 0.1) is 17.8 Å². The van der Waals surface area contributed by atoms with E-state index >= 15 is 0 Å². The topological polar surface area (TPSA) is 25.4 Å². The highest BCUT2D eigenvalue weighted by atomic mass is 35.5. The molecule has 0 amide bonds. The predicted molar refractivity (Wildman–Crippen MR) is 69.8 cm³/mol. The van der Waals surface area contributed by atoms with E-state index in [9.17, 15) is 0 Å². The number of rotatable bonds is 2. The fourth-order valence-corrected chi connectivity index (χ4v) is 4.33. The number of pyridine rings is 1. The van der Waals surface area contributed by atoms with Crippen molar-refractivity contribution in [1.29, 1.82) is 0 Å². The molecule has 4 fully saturated rings. The van der Waals surface area contributed by atoms with Crippen molar-refractivity contribution in [3.8, 4) is 5.75 Å². The Bertz CT molecular complexity index is 437. The van der Waals surface area contributed by atoms with E-state index in [1.54, 1.807) is 6.20 Å². The van der Waals surface area contributed by atoms with E-state index in [1.165, 1.54) is 32.5 Å². The van der Waals surface area contributed by atoms with Gasteiger partial charge in [0.2, 0.25) is 0 Å². The Labute approximate surface area is 112 Å². The quantitative estimate of drug-likeness (QED) is 0.768. The fourth-order valence-electron chi connectivity index (χ4n) is 4.16. The van der Waals surface area contributed by atoms with Crippen molar-refractivity contribution in [2.45, 2.75) is 18.9 Å². The first-order chi connectivity index (χ1) is 8.79. The van der Waals surface area contributed by atoms with Gasteiger partial charge < -0.3 is 9.64 Å². The molecule has 3 nitrogen and oxygen atoms in total. The van der Waals surface area contributed by atoms with Gasteiger partial charge in [0.1, 0.15) is 6.10 Å². The number of hydrogen-bond acceptors (Lipinski definition) is 3. The molecule has 5 rings (SSSR count). The Balaban J connectivity index is 1.57. The first-order valence-electron chi connectivity index (χ1n) is 6.79. The highest BCUT2D eigenvalue weighted by Gasteiger charge is 2.48. The molecule has 18 heavy (non-hydrogen) atoms. The van der Waals surface area contributed by atoms with Crippen molar-refractivity contribution in [3.63, 3.8) is 0 Å². The van der Waals surface area contributed by atoms with E-state index in [0.29, 0.717) is 23.1 Å². The molecule has 3 saturated heterocycles. The third-order valence-electron chi connectivity index (χ3n) is 4.69. The minimum absolute atomic E-state index is 0.347. The highest BCUT2D eigenvalue weighted by molar-refractivity contribution is 6.30. The van der Waals surface area contributed by atoms with E-state index in [4.69, 9.17) is 16.3 Å². The molecule has 2 unspecified atom stereocenters. The van der Waals surface area contributed by atoms with Crippen LogP contribution >= 0.6 is 11.6 Å². The summed E-state index contributed by atoms with van der Waals surface area (Å²) in [5.41, 5.74) is 0. The summed E-state index contributed by atoms with van der Waals surface area (Å²) in [6.07, 6.45) is 4.71. The van der Waals surface area contributed by atoms with Crippen LogP contribution in [-0.4, -0.2) is 35.6 Å². The molecule has 3 aliphatic heterocycles. The van der Waals surface area contributed by atoms with Crippen LogP contribution in [0.25, 0.3) is 0 Å². The monoisotopic (exact) mass is 264 g/mol. The van der Waals surface area contributed by atoms with Crippen LogP contribution in [0.3, 0.4) is 0 Å². The van der Waals surface area contributed by atoms with Crippen molar-refractivity contribution < 1.29 is 4.74 Å². The lowest BCUT2D eigenvalue weighted by atomic mass is 9.66. The Morgan fingerprint density at radius 1 is 1.22 bits per heavy atom. The van der Waals surface area contributed by atoms with Gasteiger partial charge in [0.25, 0.3) is 0 Å². The Hall–Kier alpha value is -0.800. The first-order valence-corrected chi connectivity index (χ1v) is 7.17. The van der Waals surface area contributed by atoms with Gasteiger partial charge in [0.05, 0.1) is 0 Å². The van der Waals surface area contributed by atoms with Crippen molar-refractivity contribution in [3.05, 3.63) is 23.5 Å². The molecule has 4 bridgehead atoms. The van der Waals surface area contributed by atoms with Gasteiger partial charge >= 0.3 is 0 Å². The van der Waals surface area contributed by atoms with E-state index in [2.05, 4.69) is 9.88 Å². The van der Waals surface area contributed by atoms with Gasteiger partial charge in [-0.3, -0.25) is 0 Å². The summed E-state index contributed by atoms with van der Waals surface area (Å²) in [4.78, 5) is 6.70. The predicted octanol–water partition coefficient (Wildman–Crippen LogP) is 2.45. The van der Waals surface area contributed by atoms with Crippen LogP contribution in [-0.2, 0) is 0 Å². The molecular formula is C14H17ClN2O. The van der Waals surface area contributed by atoms with Crippen LogP contribution in [0.5, 0.6) is 5.75 Å². The van der Waals surface area contributed by atoms with E-state index < -0.39 is 0 Å². The van der Waals surface area contributed by atoms with Crippen molar-refractivity contribution in [2.24, 2.45) is 17.8 Å². The standard InChI is InChI=1S/C14H17ClN2O/c15-14-12(2-1-3-16-14)18-13-10-4-9-5-11(13)8-17(6-9)7-10/h1-3,9-11,13H,4-8H2. The maximum atomic E-state index is 6.20. The molecule has 0 aromatic carbocycles. The molecule has 1 aliphatic carbocycles. The van der Waals surface area contributed by atoms with Crippen LogP contribution in [0.15, 0.2) is 18.3 Å². The second kappa shape index (κ2) is 4.10. The van der Waals surface area contributed by atoms with E-state index in [1.807, 2.05) is 12.1 Å². The van der Waals surface area contributed by atoms with Gasteiger partial charge in [-0.25, -0.2) is 4.98 Å². The second-order valence-electron chi connectivity index (χ2n) is 5.95. The molecule has 0 radical (unpaired) electrons. The van der Waals surface area contributed by atoms with Crippen molar-refractivity contribution in [2.75, 3.05) is 19.6 Å². The lowest BCUT2D eigenvalue weighted by Crippen LogP contribution is -2.61. The summed E-state index contributed by atoms with van der Waals surface area (Å²) in [5, 5.41) is 0.492. The molecule has 2 atom stereocenters. The lowest BCUT2D eigenvalue weighted by Gasteiger charge is -2.55. The van der Waals surface area contributed by atoms with Gasteiger partial charge in [-0.05, 0) is 30.9 Å². The average Bonchev–Trinajstić information content (AvgIpc) is 2.35. The zero-order valence-electron chi connectivity index (χ0n) is 10.3. The molecule has 4 heterocycles. The average molecular weight is 265 g/mol. The zero-order valence-corrected chi connectivity index (χ0v) is 11.0. The summed E-state index contributed by atoms with van der Waals surface area (Å²) < 4.78 is 6.20. The minimum Gasteiger partial charge on any atom is -0.487 e. The van der Waals surface area contributed by atoms with Crippen LogP contribution < -0.4 is 4.74 Å². The third kappa shape index (κ3) is 1.72. The third-order valence-corrected chi connectivity index (χ3v) is 4.97. The summed E-state index contributed by atoms with van der Waals surface area (Å²) in [5.74, 6) is 3.04. The van der Waals surface area contributed by atoms with Crippen LogP contribution in [0.2, 0.25) is 5.15 Å². The largest absolute Gasteiger partial charge is 0.487 e. The zero-order chi connectivity index (χ0) is 12.1. The van der Waals surface area contributed by atoms with Gasteiger partial charge in [-0.15, -0.1) is 0 Å². The summed E-state index contributed by atoms with van der Waals surface area (Å²) in [6.45, 7) is 3.72. The van der Waals surface area contributed by atoms with E-state index in [-0.39, 0.29) is 0 Å². The molecule has 0 spiro atoms. The Kier molecular flexibility index (Phi) is 2.52. The normalized spacial score (nSPS) is 41.1. The molecule has 1 saturated carbocycles. The summed E-state index contributed by atoms with van der Waals surface area (Å²) in [7, 11) is 0. The minimum atomic E-state index is 0.347. The first kappa shape index (κ1) is 11.1. The van der Waals surface area contributed by atoms with Gasteiger partial charge in [0.15, 0.2) is 10.9 Å². The summed E-state index contributed by atoms with van der Waals surface area (Å²) >= 11 is 6.09. The van der Waals surface area contributed by atoms with Crippen molar-refractivity contribution >= 4 is 11.6 Å². The smallest absolute Gasteiger partial charge is 0.171 e. The SMILES string of the molecule is Clc1ncccc1OC1C2CC3CC1CN(C3)C2. The second-order valence-corrected chi connectivity index (χ2v) is 6.31. The van der Waals surface area contributed by atoms with Crippen LogP contribution in [0.4, 0.5) is 0 Å². The number of aromatic nitrogens is 1. The Morgan fingerprint density at radius 2 is 2.00 bits per heavy atom. The lowest BCUT2D eigenvalue weighted by molar-refractivity contribution is -0.0985. The van der Waals surface area contributed by atoms with Gasteiger partial charge in [-0.1, -0.05) is 11.6 Å². The highest BCUT2D eigenvalue weighted by Crippen LogP contribution is 2.45. The molecule has 0 N–H and O–H groups in total. The van der Waals surface area contributed by atoms with Crippen LogP contribution in [0.1, 0.15) is 12.8 Å². The molecular weight excluding hydrogens is 248 g/mol. The summed E-state index contributed by atoms with van der Waals surface area (Å²) in [6, 6.07) is 3.82. The Morgan fingerprint density at radius 3 is 2.67 bits per heavy atom. The van der Waals surface area contributed by atoms with E-state index in [0.717, 1.165) is 11.7 Å². The van der Waals surface area contributed by atoms with Crippen molar-refractivity contribution in [1.82, 2.24) is 9.88 Å². The number of halogens is 1. The molecule has 96 valence electrons. The maximum Gasteiger partial charge on any atom is 0.171 e. The van der Waals surface area contributed by atoms with Gasteiger partial charge in [0, 0.05) is 37.7 Å². The fraction of sp³-hybridized carbons (Fsp3) is 0.643. The number of piperidine rings is 3. The number of ether oxygens (including phenoxy) is 1. The number of hydrogen-bond donors (Lipinski definition) is 0. The molecule has 4 aliphatic rings.